The van der Waals surface area contributed by atoms with Gasteiger partial charge in [0.05, 0.1) is 11.6 Å². The lowest BCUT2D eigenvalue weighted by molar-refractivity contribution is 0.0698. The number of hydrogen-bond acceptors (Lipinski definition) is 4. The summed E-state index contributed by atoms with van der Waals surface area (Å²) in [6.45, 7) is 1.91. The molecule has 1 unspecified atom stereocenters. The summed E-state index contributed by atoms with van der Waals surface area (Å²) in [4.78, 5) is 11.1. The summed E-state index contributed by atoms with van der Waals surface area (Å²) in [5, 5.41) is 20.0. The lowest BCUT2D eigenvalue weighted by atomic mass is 10.1. The van der Waals surface area contributed by atoms with Crippen molar-refractivity contribution < 1.29 is 9.90 Å². The molecule has 0 amide bonds. The lowest BCUT2D eigenvalue weighted by Gasteiger charge is -2.15. The SMILES string of the molecule is CC(Nc1ccccc1C(=O)O)c1nncn1C. The predicted molar refractivity (Wildman–Crippen MR) is 66.4 cm³/mol. The fraction of sp³-hybridized carbons (Fsp3) is 0.250. The Balaban J connectivity index is 2.25. The molecule has 6 nitrogen and oxygen atoms in total. The highest BCUT2D eigenvalue weighted by atomic mass is 16.4. The van der Waals surface area contributed by atoms with E-state index in [1.807, 2.05) is 14.0 Å². The van der Waals surface area contributed by atoms with E-state index in [0.717, 1.165) is 5.82 Å². The van der Waals surface area contributed by atoms with Gasteiger partial charge in [0.15, 0.2) is 5.82 Å². The summed E-state index contributed by atoms with van der Waals surface area (Å²) in [5.41, 5.74) is 0.812. The van der Waals surface area contributed by atoms with Crippen LogP contribution in [0.1, 0.15) is 29.1 Å². The third-order valence-electron chi connectivity index (χ3n) is 2.66. The summed E-state index contributed by atoms with van der Waals surface area (Å²) < 4.78 is 1.79. The van der Waals surface area contributed by atoms with Crippen molar-refractivity contribution in [2.75, 3.05) is 5.32 Å². The number of nitrogens with one attached hydrogen (secondary N) is 1. The number of benzene rings is 1. The van der Waals surface area contributed by atoms with Crippen molar-refractivity contribution in [2.24, 2.45) is 7.05 Å². The Morgan fingerprint density at radius 3 is 2.78 bits per heavy atom. The molecule has 94 valence electrons. The monoisotopic (exact) mass is 246 g/mol. The van der Waals surface area contributed by atoms with Gasteiger partial charge in [0.2, 0.25) is 0 Å². The van der Waals surface area contributed by atoms with Gasteiger partial charge in [0, 0.05) is 12.7 Å². The molecular formula is C12H14N4O2. The minimum absolute atomic E-state index is 0.127. The number of aryl methyl sites for hydroxylation is 1. The molecule has 0 bridgehead atoms. The molecule has 0 aliphatic rings. The van der Waals surface area contributed by atoms with Crippen molar-refractivity contribution in [1.82, 2.24) is 14.8 Å². The van der Waals surface area contributed by atoms with Crippen LogP contribution in [0.3, 0.4) is 0 Å². The number of nitrogens with zero attached hydrogens (tertiary/aromatic N) is 3. The third-order valence-corrected chi connectivity index (χ3v) is 2.66. The van der Waals surface area contributed by atoms with Crippen LogP contribution in [0.15, 0.2) is 30.6 Å². The van der Waals surface area contributed by atoms with Crippen molar-refractivity contribution >= 4 is 11.7 Å². The fourth-order valence-corrected chi connectivity index (χ4v) is 1.78. The molecule has 2 rings (SSSR count). The summed E-state index contributed by atoms with van der Waals surface area (Å²) in [6.07, 6.45) is 1.61. The number of anilines is 1. The number of hydrogen-bond donors (Lipinski definition) is 2. The number of para-hydroxylation sites is 1. The molecule has 0 saturated heterocycles. The zero-order valence-electron chi connectivity index (χ0n) is 10.2. The van der Waals surface area contributed by atoms with Gasteiger partial charge in [-0.05, 0) is 19.1 Å². The van der Waals surface area contributed by atoms with Crippen molar-refractivity contribution in [3.05, 3.63) is 42.0 Å². The van der Waals surface area contributed by atoms with Gasteiger partial charge in [-0.15, -0.1) is 10.2 Å². The van der Waals surface area contributed by atoms with Crippen LogP contribution in [0.25, 0.3) is 0 Å². The van der Waals surface area contributed by atoms with Crippen LogP contribution in [0.4, 0.5) is 5.69 Å². The predicted octanol–water partition coefficient (Wildman–Crippen LogP) is 1.69. The van der Waals surface area contributed by atoms with Gasteiger partial charge in [-0.1, -0.05) is 12.1 Å². The fourth-order valence-electron chi connectivity index (χ4n) is 1.78. The summed E-state index contributed by atoms with van der Waals surface area (Å²) in [7, 11) is 1.84. The first-order chi connectivity index (χ1) is 8.59. The van der Waals surface area contributed by atoms with Crippen LogP contribution in [-0.4, -0.2) is 25.8 Å². The number of carboxylic acids is 1. The van der Waals surface area contributed by atoms with E-state index in [2.05, 4.69) is 15.5 Å². The van der Waals surface area contributed by atoms with Crippen LogP contribution in [-0.2, 0) is 7.05 Å². The van der Waals surface area contributed by atoms with E-state index >= 15 is 0 Å². The van der Waals surface area contributed by atoms with Crippen molar-refractivity contribution in [3.8, 4) is 0 Å². The van der Waals surface area contributed by atoms with Gasteiger partial charge in [-0.2, -0.15) is 0 Å². The standard InChI is InChI=1S/C12H14N4O2/c1-8(11-15-13-7-16(11)2)14-10-6-4-3-5-9(10)12(17)18/h3-8,14H,1-2H3,(H,17,18). The van der Waals surface area contributed by atoms with Crippen LogP contribution in [0.2, 0.25) is 0 Å². The summed E-state index contributed by atoms with van der Waals surface area (Å²) in [6, 6.07) is 6.66. The Hall–Kier alpha value is -2.37. The number of aromatic carboxylic acids is 1. The van der Waals surface area contributed by atoms with E-state index in [1.165, 1.54) is 0 Å². The largest absolute Gasteiger partial charge is 0.478 e. The van der Waals surface area contributed by atoms with E-state index in [4.69, 9.17) is 5.11 Å². The second-order valence-corrected chi connectivity index (χ2v) is 4.02. The normalized spacial score (nSPS) is 12.1. The number of carbonyl (C=O) groups is 1. The Morgan fingerprint density at radius 2 is 2.17 bits per heavy atom. The maximum atomic E-state index is 11.1. The van der Waals surface area contributed by atoms with Crippen LogP contribution < -0.4 is 5.32 Å². The molecule has 1 aromatic carbocycles. The molecule has 2 aromatic rings. The Morgan fingerprint density at radius 1 is 1.44 bits per heavy atom. The van der Waals surface area contributed by atoms with E-state index in [1.54, 1.807) is 35.2 Å². The van der Waals surface area contributed by atoms with E-state index in [0.29, 0.717) is 5.69 Å². The molecular weight excluding hydrogens is 232 g/mol. The zero-order chi connectivity index (χ0) is 13.1. The van der Waals surface area contributed by atoms with E-state index in [-0.39, 0.29) is 11.6 Å². The second-order valence-electron chi connectivity index (χ2n) is 4.02. The zero-order valence-corrected chi connectivity index (χ0v) is 10.2. The average molecular weight is 246 g/mol. The Labute approximate surface area is 104 Å². The van der Waals surface area contributed by atoms with Crippen molar-refractivity contribution in [1.29, 1.82) is 0 Å². The Kier molecular flexibility index (Phi) is 3.27. The number of rotatable bonds is 4. The molecule has 1 heterocycles. The van der Waals surface area contributed by atoms with Gasteiger partial charge in [0.25, 0.3) is 0 Å². The van der Waals surface area contributed by atoms with Gasteiger partial charge in [-0.25, -0.2) is 4.79 Å². The molecule has 0 spiro atoms. The summed E-state index contributed by atoms with van der Waals surface area (Å²) in [5.74, 6) is -0.210. The van der Waals surface area contributed by atoms with Crippen LogP contribution in [0.5, 0.6) is 0 Å². The third kappa shape index (κ3) is 2.32. The molecule has 0 aliphatic carbocycles. The minimum atomic E-state index is -0.955. The maximum Gasteiger partial charge on any atom is 0.337 e. The van der Waals surface area contributed by atoms with Crippen LogP contribution in [0, 0.1) is 0 Å². The molecule has 0 saturated carbocycles. The quantitative estimate of drug-likeness (QED) is 0.858. The average Bonchev–Trinajstić information content (AvgIpc) is 2.76. The lowest BCUT2D eigenvalue weighted by Crippen LogP contribution is -2.14. The molecule has 0 radical (unpaired) electrons. The highest BCUT2D eigenvalue weighted by molar-refractivity contribution is 5.94. The molecule has 18 heavy (non-hydrogen) atoms. The van der Waals surface area contributed by atoms with E-state index in [9.17, 15) is 4.79 Å². The van der Waals surface area contributed by atoms with Gasteiger partial charge in [-0.3, -0.25) is 0 Å². The molecule has 0 aliphatic heterocycles. The molecule has 1 aromatic heterocycles. The first kappa shape index (κ1) is 12.1. The Bertz CT molecular complexity index is 565. The van der Waals surface area contributed by atoms with Gasteiger partial charge < -0.3 is 15.0 Å². The van der Waals surface area contributed by atoms with Crippen molar-refractivity contribution in [3.63, 3.8) is 0 Å². The molecule has 2 N–H and O–H groups in total. The van der Waals surface area contributed by atoms with Gasteiger partial charge >= 0.3 is 5.97 Å². The molecule has 0 fully saturated rings. The van der Waals surface area contributed by atoms with Crippen LogP contribution >= 0.6 is 0 Å². The second kappa shape index (κ2) is 4.87. The van der Waals surface area contributed by atoms with Crippen molar-refractivity contribution in [2.45, 2.75) is 13.0 Å². The van der Waals surface area contributed by atoms with E-state index < -0.39 is 5.97 Å². The topological polar surface area (TPSA) is 80.0 Å². The number of carboxylic acid groups (broad SMARTS) is 1. The first-order valence-electron chi connectivity index (χ1n) is 5.52. The first-order valence-corrected chi connectivity index (χ1v) is 5.52. The molecule has 1 atom stereocenters. The molecule has 6 heteroatoms. The maximum absolute atomic E-state index is 11.1. The smallest absolute Gasteiger partial charge is 0.337 e. The van der Waals surface area contributed by atoms with Gasteiger partial charge in [0.1, 0.15) is 6.33 Å². The number of aromatic nitrogens is 3. The summed E-state index contributed by atoms with van der Waals surface area (Å²) >= 11 is 0. The minimum Gasteiger partial charge on any atom is -0.478 e. The highest BCUT2D eigenvalue weighted by Crippen LogP contribution is 2.20. The highest BCUT2D eigenvalue weighted by Gasteiger charge is 2.15.